The van der Waals surface area contributed by atoms with E-state index in [0.29, 0.717) is 0 Å². The largest absolute Gasteiger partial charge is 0.353 e. The Hall–Kier alpha value is -2.47. The maximum atomic E-state index is 4.53. The van der Waals surface area contributed by atoms with Crippen LogP contribution in [0, 0.1) is 0 Å². The molecule has 1 aliphatic rings. The summed E-state index contributed by atoms with van der Waals surface area (Å²) in [5.74, 6) is 2.16. The van der Waals surface area contributed by atoms with E-state index in [2.05, 4.69) is 35.4 Å². The number of aryl methyl sites for hydroxylation is 1. The Balaban J connectivity index is 1.48. The minimum atomic E-state index is 0.905. The molecule has 6 heteroatoms. The highest BCUT2D eigenvalue weighted by Gasteiger charge is 2.20. The summed E-state index contributed by atoms with van der Waals surface area (Å²) in [5, 5.41) is 1.13. The molecule has 0 spiro atoms. The molecule has 0 radical (unpaired) electrons. The van der Waals surface area contributed by atoms with Crippen LogP contribution in [-0.4, -0.2) is 50.6 Å². The van der Waals surface area contributed by atoms with Gasteiger partial charge < -0.3 is 9.47 Å². The van der Waals surface area contributed by atoms with Crippen molar-refractivity contribution in [3.63, 3.8) is 0 Å². The molecule has 0 atom stereocenters. The van der Waals surface area contributed by atoms with Crippen LogP contribution in [0.3, 0.4) is 0 Å². The van der Waals surface area contributed by atoms with E-state index in [4.69, 9.17) is 0 Å². The highest BCUT2D eigenvalue weighted by Crippen LogP contribution is 2.23. The second kappa shape index (κ2) is 5.96. The molecule has 118 valence electrons. The van der Waals surface area contributed by atoms with Gasteiger partial charge in [-0.05, 0) is 12.1 Å². The lowest BCUT2D eigenvalue weighted by atomic mass is 10.2. The SMILES string of the molecule is Cn1ccnc1CN1CCN(c2ncnc3ccccc23)CC1. The lowest BCUT2D eigenvalue weighted by Crippen LogP contribution is -2.46. The van der Waals surface area contributed by atoms with Crippen LogP contribution >= 0.6 is 0 Å². The number of aromatic nitrogens is 4. The summed E-state index contributed by atoms with van der Waals surface area (Å²) >= 11 is 0. The third kappa shape index (κ3) is 2.77. The fraction of sp³-hybridized carbons (Fsp3) is 0.353. The first-order valence-electron chi connectivity index (χ1n) is 7.94. The topological polar surface area (TPSA) is 50.1 Å². The summed E-state index contributed by atoms with van der Waals surface area (Å²) in [7, 11) is 2.05. The van der Waals surface area contributed by atoms with Gasteiger partial charge in [-0.2, -0.15) is 0 Å². The Bertz CT molecular complexity index is 798. The van der Waals surface area contributed by atoms with Gasteiger partial charge in [-0.3, -0.25) is 4.90 Å². The van der Waals surface area contributed by atoms with Crippen molar-refractivity contribution in [1.29, 1.82) is 0 Å². The van der Waals surface area contributed by atoms with E-state index in [9.17, 15) is 0 Å². The van der Waals surface area contributed by atoms with Crippen molar-refractivity contribution in [2.24, 2.45) is 7.05 Å². The fourth-order valence-electron chi connectivity index (χ4n) is 3.11. The van der Waals surface area contributed by atoms with Crippen LogP contribution in [0.15, 0.2) is 43.0 Å². The minimum absolute atomic E-state index is 0.905. The number of para-hydroxylation sites is 1. The number of fused-ring (bicyclic) bond motifs is 1. The molecule has 3 aromatic rings. The van der Waals surface area contributed by atoms with E-state index < -0.39 is 0 Å². The number of nitrogens with zero attached hydrogens (tertiary/aromatic N) is 6. The van der Waals surface area contributed by atoms with Crippen molar-refractivity contribution in [3.05, 3.63) is 48.8 Å². The van der Waals surface area contributed by atoms with Crippen LogP contribution in [0.4, 0.5) is 5.82 Å². The van der Waals surface area contributed by atoms with Crippen LogP contribution in [0.5, 0.6) is 0 Å². The molecule has 23 heavy (non-hydrogen) atoms. The monoisotopic (exact) mass is 308 g/mol. The average Bonchev–Trinajstić information content (AvgIpc) is 3.00. The van der Waals surface area contributed by atoms with E-state index in [1.165, 1.54) is 0 Å². The molecule has 0 unspecified atom stereocenters. The molecule has 3 heterocycles. The molecule has 1 fully saturated rings. The average molecular weight is 308 g/mol. The number of benzene rings is 1. The van der Waals surface area contributed by atoms with Gasteiger partial charge in [0, 0.05) is 51.0 Å². The molecule has 2 aromatic heterocycles. The van der Waals surface area contributed by atoms with Crippen LogP contribution in [0.2, 0.25) is 0 Å². The van der Waals surface area contributed by atoms with Crippen molar-refractivity contribution in [2.75, 3.05) is 31.1 Å². The first kappa shape index (κ1) is 14.1. The quantitative estimate of drug-likeness (QED) is 0.737. The number of imidazole rings is 1. The molecule has 1 aromatic carbocycles. The summed E-state index contributed by atoms with van der Waals surface area (Å²) in [5.41, 5.74) is 1.01. The number of anilines is 1. The van der Waals surface area contributed by atoms with Gasteiger partial charge in [0.05, 0.1) is 12.1 Å². The lowest BCUT2D eigenvalue weighted by molar-refractivity contribution is 0.241. The number of rotatable bonds is 3. The first-order chi connectivity index (χ1) is 11.3. The van der Waals surface area contributed by atoms with Crippen molar-refractivity contribution < 1.29 is 0 Å². The van der Waals surface area contributed by atoms with E-state index in [0.717, 1.165) is 55.3 Å². The molecule has 0 N–H and O–H groups in total. The Morgan fingerprint density at radius 1 is 1.00 bits per heavy atom. The van der Waals surface area contributed by atoms with E-state index >= 15 is 0 Å². The van der Waals surface area contributed by atoms with Crippen molar-refractivity contribution in [3.8, 4) is 0 Å². The van der Waals surface area contributed by atoms with Crippen LogP contribution in [-0.2, 0) is 13.6 Å². The van der Waals surface area contributed by atoms with Crippen LogP contribution in [0.1, 0.15) is 5.82 Å². The molecule has 0 bridgehead atoms. The fourth-order valence-corrected chi connectivity index (χ4v) is 3.11. The van der Waals surface area contributed by atoms with E-state index in [1.54, 1.807) is 6.33 Å². The molecule has 0 amide bonds. The predicted molar refractivity (Wildman–Crippen MR) is 90.2 cm³/mol. The standard InChI is InChI=1S/C17H20N6/c1-21-7-6-18-16(21)12-22-8-10-23(11-9-22)17-14-4-2-3-5-15(14)19-13-20-17/h2-7,13H,8-12H2,1H3. The zero-order valence-corrected chi connectivity index (χ0v) is 13.3. The highest BCUT2D eigenvalue weighted by atomic mass is 15.3. The predicted octanol–water partition coefficient (Wildman–Crippen LogP) is 1.69. The summed E-state index contributed by atoms with van der Waals surface area (Å²) in [6.45, 7) is 4.90. The third-order valence-electron chi connectivity index (χ3n) is 4.48. The second-order valence-electron chi connectivity index (χ2n) is 5.93. The zero-order valence-electron chi connectivity index (χ0n) is 13.3. The van der Waals surface area contributed by atoms with Gasteiger partial charge in [-0.15, -0.1) is 0 Å². The summed E-state index contributed by atoms with van der Waals surface area (Å²) < 4.78 is 2.09. The van der Waals surface area contributed by atoms with Crippen molar-refractivity contribution in [2.45, 2.75) is 6.54 Å². The molecular formula is C17H20N6. The lowest BCUT2D eigenvalue weighted by Gasteiger charge is -2.35. The number of hydrogen-bond donors (Lipinski definition) is 0. The Morgan fingerprint density at radius 3 is 2.61 bits per heavy atom. The molecule has 1 aliphatic heterocycles. The number of hydrogen-bond acceptors (Lipinski definition) is 5. The normalized spacial score (nSPS) is 16.1. The van der Waals surface area contributed by atoms with Gasteiger partial charge in [0.2, 0.25) is 0 Å². The molecular weight excluding hydrogens is 288 g/mol. The maximum Gasteiger partial charge on any atom is 0.139 e. The summed E-state index contributed by atoms with van der Waals surface area (Å²) in [6.07, 6.45) is 5.52. The Kier molecular flexibility index (Phi) is 3.67. The van der Waals surface area contributed by atoms with Gasteiger partial charge in [-0.1, -0.05) is 12.1 Å². The van der Waals surface area contributed by atoms with E-state index in [1.807, 2.05) is 37.6 Å². The minimum Gasteiger partial charge on any atom is -0.353 e. The van der Waals surface area contributed by atoms with Crippen LogP contribution < -0.4 is 4.90 Å². The first-order valence-corrected chi connectivity index (χ1v) is 7.94. The summed E-state index contributed by atoms with van der Waals surface area (Å²) in [6, 6.07) is 8.21. The Labute approximate surface area is 135 Å². The van der Waals surface area contributed by atoms with Gasteiger partial charge >= 0.3 is 0 Å². The smallest absolute Gasteiger partial charge is 0.139 e. The molecule has 6 nitrogen and oxygen atoms in total. The van der Waals surface area contributed by atoms with Gasteiger partial charge in [-0.25, -0.2) is 15.0 Å². The number of piperazine rings is 1. The van der Waals surface area contributed by atoms with Gasteiger partial charge in [0.25, 0.3) is 0 Å². The zero-order chi connectivity index (χ0) is 15.6. The van der Waals surface area contributed by atoms with E-state index in [-0.39, 0.29) is 0 Å². The van der Waals surface area contributed by atoms with Gasteiger partial charge in [0.1, 0.15) is 18.0 Å². The Morgan fingerprint density at radius 2 is 1.83 bits per heavy atom. The maximum absolute atomic E-state index is 4.53. The van der Waals surface area contributed by atoms with Crippen LogP contribution in [0.25, 0.3) is 10.9 Å². The third-order valence-corrected chi connectivity index (χ3v) is 4.48. The van der Waals surface area contributed by atoms with Crippen molar-refractivity contribution >= 4 is 16.7 Å². The molecule has 4 rings (SSSR count). The summed E-state index contributed by atoms with van der Waals surface area (Å²) in [4.78, 5) is 18.1. The van der Waals surface area contributed by atoms with Crippen molar-refractivity contribution in [1.82, 2.24) is 24.4 Å². The molecule has 0 saturated carbocycles. The molecule has 0 aliphatic carbocycles. The second-order valence-corrected chi connectivity index (χ2v) is 5.93. The highest BCUT2D eigenvalue weighted by molar-refractivity contribution is 5.89. The van der Waals surface area contributed by atoms with Gasteiger partial charge in [0.15, 0.2) is 0 Å². The molecule has 1 saturated heterocycles.